The van der Waals surface area contributed by atoms with Crippen LogP contribution in [0.5, 0.6) is 0 Å². The zero-order valence-corrected chi connectivity index (χ0v) is 9.52. The Morgan fingerprint density at radius 3 is 2.94 bits per heavy atom. The Morgan fingerprint density at radius 1 is 1.44 bits per heavy atom. The summed E-state index contributed by atoms with van der Waals surface area (Å²) in [5.74, 6) is 0.208. The molecule has 1 aromatic rings. The van der Waals surface area contributed by atoms with Crippen LogP contribution < -0.4 is 4.90 Å². The first-order valence-electron chi connectivity index (χ1n) is 5.70. The molecule has 0 aromatic heterocycles. The van der Waals surface area contributed by atoms with E-state index >= 15 is 0 Å². The van der Waals surface area contributed by atoms with Crippen LogP contribution in [0, 0.1) is 5.92 Å². The minimum atomic E-state index is 0.0343. The SMILES string of the molecule is CN1C(=O)C(CCCO)Cc2ccccc21. The van der Waals surface area contributed by atoms with Crippen LogP contribution in [0.15, 0.2) is 24.3 Å². The number of aliphatic hydroxyl groups excluding tert-OH is 1. The van der Waals surface area contributed by atoms with E-state index in [4.69, 9.17) is 5.11 Å². The molecule has 1 N–H and O–H groups in total. The largest absolute Gasteiger partial charge is 0.396 e. The van der Waals surface area contributed by atoms with Gasteiger partial charge >= 0.3 is 0 Å². The Bertz CT molecular complexity index is 389. The molecule has 2 rings (SSSR count). The monoisotopic (exact) mass is 219 g/mol. The van der Waals surface area contributed by atoms with Crippen LogP contribution in [-0.2, 0) is 11.2 Å². The number of hydrogen-bond donors (Lipinski definition) is 1. The number of nitrogens with zero attached hydrogens (tertiary/aromatic N) is 1. The first kappa shape index (κ1) is 11.1. The lowest BCUT2D eigenvalue weighted by Gasteiger charge is -2.31. The lowest BCUT2D eigenvalue weighted by atomic mass is 9.89. The maximum atomic E-state index is 12.0. The molecule has 0 saturated heterocycles. The number of hydrogen-bond acceptors (Lipinski definition) is 2. The number of fused-ring (bicyclic) bond motifs is 1. The molecule has 1 aliphatic rings. The maximum Gasteiger partial charge on any atom is 0.230 e. The third kappa shape index (κ3) is 1.95. The van der Waals surface area contributed by atoms with Crippen molar-refractivity contribution in [2.45, 2.75) is 19.3 Å². The highest BCUT2D eigenvalue weighted by Crippen LogP contribution is 2.30. The smallest absolute Gasteiger partial charge is 0.230 e. The molecule has 0 bridgehead atoms. The second kappa shape index (κ2) is 4.66. The van der Waals surface area contributed by atoms with E-state index in [0.29, 0.717) is 6.42 Å². The van der Waals surface area contributed by atoms with Gasteiger partial charge in [-0.15, -0.1) is 0 Å². The normalized spacial score (nSPS) is 19.8. The van der Waals surface area contributed by atoms with E-state index in [1.165, 1.54) is 5.56 Å². The second-order valence-corrected chi connectivity index (χ2v) is 4.29. The predicted octanol–water partition coefficient (Wildman–Crippen LogP) is 1.59. The molecular weight excluding hydrogens is 202 g/mol. The van der Waals surface area contributed by atoms with E-state index in [9.17, 15) is 4.79 Å². The maximum absolute atomic E-state index is 12.0. The van der Waals surface area contributed by atoms with Gasteiger partial charge in [0.2, 0.25) is 5.91 Å². The fraction of sp³-hybridized carbons (Fsp3) is 0.462. The van der Waals surface area contributed by atoms with Crippen molar-refractivity contribution in [3.8, 4) is 0 Å². The molecule has 86 valence electrons. The fourth-order valence-electron chi connectivity index (χ4n) is 2.32. The third-order valence-electron chi connectivity index (χ3n) is 3.21. The number of carbonyl (C=O) groups is 1. The molecule has 1 unspecified atom stereocenters. The number of benzene rings is 1. The Labute approximate surface area is 95.7 Å². The van der Waals surface area contributed by atoms with Crippen LogP contribution >= 0.6 is 0 Å². The Balaban J connectivity index is 2.21. The van der Waals surface area contributed by atoms with Crippen LogP contribution in [0.2, 0.25) is 0 Å². The zero-order chi connectivity index (χ0) is 11.5. The van der Waals surface area contributed by atoms with Crippen LogP contribution in [0.3, 0.4) is 0 Å². The Kier molecular flexibility index (Phi) is 3.25. The van der Waals surface area contributed by atoms with Gasteiger partial charge in [-0.2, -0.15) is 0 Å². The van der Waals surface area contributed by atoms with E-state index in [2.05, 4.69) is 6.07 Å². The van der Waals surface area contributed by atoms with E-state index < -0.39 is 0 Å². The van der Waals surface area contributed by atoms with Crippen molar-refractivity contribution < 1.29 is 9.90 Å². The summed E-state index contributed by atoms with van der Waals surface area (Å²) in [6, 6.07) is 8.02. The lowest BCUT2D eigenvalue weighted by molar-refractivity contribution is -0.122. The van der Waals surface area contributed by atoms with Gasteiger partial charge in [0.15, 0.2) is 0 Å². The Hall–Kier alpha value is -1.35. The third-order valence-corrected chi connectivity index (χ3v) is 3.21. The van der Waals surface area contributed by atoms with Crippen LogP contribution in [0.1, 0.15) is 18.4 Å². The van der Waals surface area contributed by atoms with Gasteiger partial charge in [-0.3, -0.25) is 4.79 Å². The summed E-state index contributed by atoms with van der Waals surface area (Å²) in [5.41, 5.74) is 2.25. The highest BCUT2D eigenvalue weighted by atomic mass is 16.3. The quantitative estimate of drug-likeness (QED) is 0.838. The molecule has 0 fully saturated rings. The number of anilines is 1. The van der Waals surface area contributed by atoms with Crippen LogP contribution in [0.4, 0.5) is 5.69 Å². The van der Waals surface area contributed by atoms with E-state index in [1.54, 1.807) is 4.90 Å². The topological polar surface area (TPSA) is 40.5 Å². The van der Waals surface area contributed by atoms with E-state index in [-0.39, 0.29) is 18.4 Å². The molecule has 1 atom stereocenters. The number of carbonyl (C=O) groups excluding carboxylic acids is 1. The zero-order valence-electron chi connectivity index (χ0n) is 9.52. The lowest BCUT2D eigenvalue weighted by Crippen LogP contribution is -2.38. The Morgan fingerprint density at radius 2 is 2.19 bits per heavy atom. The van der Waals surface area contributed by atoms with Crippen molar-refractivity contribution in [1.82, 2.24) is 0 Å². The summed E-state index contributed by atoms with van der Waals surface area (Å²) in [5, 5.41) is 8.82. The fourth-order valence-corrected chi connectivity index (χ4v) is 2.32. The number of aliphatic hydroxyl groups is 1. The molecular formula is C13H17NO2. The summed E-state index contributed by atoms with van der Waals surface area (Å²) >= 11 is 0. The molecule has 3 nitrogen and oxygen atoms in total. The summed E-state index contributed by atoms with van der Waals surface area (Å²) in [4.78, 5) is 13.8. The minimum Gasteiger partial charge on any atom is -0.396 e. The van der Waals surface area contributed by atoms with Gasteiger partial charge in [-0.25, -0.2) is 0 Å². The summed E-state index contributed by atoms with van der Waals surface area (Å²) in [7, 11) is 1.83. The van der Waals surface area contributed by atoms with Crippen molar-refractivity contribution in [1.29, 1.82) is 0 Å². The van der Waals surface area contributed by atoms with Crippen molar-refractivity contribution in [3.63, 3.8) is 0 Å². The van der Waals surface area contributed by atoms with Gasteiger partial charge in [-0.05, 0) is 30.9 Å². The van der Waals surface area contributed by atoms with Gasteiger partial charge in [0, 0.05) is 25.3 Å². The summed E-state index contributed by atoms with van der Waals surface area (Å²) in [6.07, 6.45) is 2.28. The average molecular weight is 219 g/mol. The highest BCUT2D eigenvalue weighted by molar-refractivity contribution is 5.97. The molecule has 3 heteroatoms. The van der Waals surface area contributed by atoms with Gasteiger partial charge in [0.1, 0.15) is 0 Å². The van der Waals surface area contributed by atoms with Gasteiger partial charge < -0.3 is 10.0 Å². The average Bonchev–Trinajstić information content (AvgIpc) is 2.32. The van der Waals surface area contributed by atoms with Crippen molar-refractivity contribution in [2.24, 2.45) is 5.92 Å². The van der Waals surface area contributed by atoms with Crippen molar-refractivity contribution in [2.75, 3.05) is 18.6 Å². The molecule has 1 aromatic carbocycles. The molecule has 0 aliphatic carbocycles. The molecule has 1 amide bonds. The number of para-hydroxylation sites is 1. The number of amides is 1. The summed E-state index contributed by atoms with van der Waals surface area (Å²) < 4.78 is 0. The molecule has 0 saturated carbocycles. The highest BCUT2D eigenvalue weighted by Gasteiger charge is 2.29. The minimum absolute atomic E-state index is 0.0343. The van der Waals surface area contributed by atoms with Crippen LogP contribution in [0.25, 0.3) is 0 Å². The van der Waals surface area contributed by atoms with E-state index in [1.807, 2.05) is 25.2 Å². The van der Waals surface area contributed by atoms with Gasteiger partial charge in [0.25, 0.3) is 0 Å². The van der Waals surface area contributed by atoms with Gasteiger partial charge in [0.05, 0.1) is 0 Å². The van der Waals surface area contributed by atoms with Crippen molar-refractivity contribution >= 4 is 11.6 Å². The first-order chi connectivity index (χ1) is 7.74. The van der Waals surface area contributed by atoms with Gasteiger partial charge in [-0.1, -0.05) is 18.2 Å². The molecule has 0 radical (unpaired) electrons. The first-order valence-corrected chi connectivity index (χ1v) is 5.70. The molecule has 1 heterocycles. The number of rotatable bonds is 3. The van der Waals surface area contributed by atoms with Crippen LogP contribution in [-0.4, -0.2) is 24.7 Å². The second-order valence-electron chi connectivity index (χ2n) is 4.29. The molecule has 0 spiro atoms. The molecule has 16 heavy (non-hydrogen) atoms. The van der Waals surface area contributed by atoms with Crippen molar-refractivity contribution in [3.05, 3.63) is 29.8 Å². The molecule has 1 aliphatic heterocycles. The standard InChI is InChI=1S/C13H17NO2/c1-14-12-7-3-2-5-10(12)9-11(13(14)16)6-4-8-15/h2-3,5,7,11,15H,4,6,8-9H2,1H3. The predicted molar refractivity (Wildman–Crippen MR) is 63.4 cm³/mol. The van der Waals surface area contributed by atoms with E-state index in [0.717, 1.165) is 18.5 Å². The summed E-state index contributed by atoms with van der Waals surface area (Å²) in [6.45, 7) is 0.162.